The number of nitrogens with one attached hydrogen (secondary N) is 1. The van der Waals surface area contributed by atoms with Gasteiger partial charge in [-0.15, -0.1) is 0 Å². The van der Waals surface area contributed by atoms with E-state index in [2.05, 4.69) is 61.4 Å². The molecule has 0 radical (unpaired) electrons. The number of benzene rings is 4. The third-order valence-corrected chi connectivity index (χ3v) is 6.47. The van der Waals surface area contributed by atoms with E-state index in [0.29, 0.717) is 33.8 Å². The van der Waals surface area contributed by atoms with Crippen molar-refractivity contribution in [1.82, 2.24) is 0 Å². The van der Waals surface area contributed by atoms with Gasteiger partial charge in [-0.25, -0.2) is 0 Å². The number of carbonyl (C=O) groups is 1. The van der Waals surface area contributed by atoms with Crippen molar-refractivity contribution in [3.05, 3.63) is 105 Å². The number of ether oxygens (including phenoxy) is 2. The summed E-state index contributed by atoms with van der Waals surface area (Å²) in [6.45, 7) is 0.363. The minimum Gasteiger partial charge on any atom is -0.493 e. The lowest BCUT2D eigenvalue weighted by Crippen LogP contribution is -2.13. The van der Waals surface area contributed by atoms with E-state index in [-0.39, 0.29) is 5.57 Å². The molecule has 1 amide bonds. The van der Waals surface area contributed by atoms with Crippen molar-refractivity contribution in [2.45, 2.75) is 6.61 Å². The molecule has 0 aromatic heterocycles. The van der Waals surface area contributed by atoms with Crippen LogP contribution in [-0.2, 0) is 11.4 Å². The van der Waals surface area contributed by atoms with Gasteiger partial charge in [0.1, 0.15) is 18.2 Å². The quantitative estimate of drug-likeness (QED) is 0.178. The lowest BCUT2D eigenvalue weighted by atomic mass is 10.1. The molecule has 0 saturated heterocycles. The SMILES string of the molecule is COc1cc(/C=C(/C#N)C(=O)Nc2ccc(Br)cc2)c(Br)cc1OCc1ccc2ccccc2c1. The number of hydrogen-bond acceptors (Lipinski definition) is 4. The predicted octanol–water partition coefficient (Wildman–Crippen LogP) is 7.50. The van der Waals surface area contributed by atoms with Gasteiger partial charge in [0.25, 0.3) is 5.91 Å². The number of amides is 1. The second-order valence-electron chi connectivity index (χ2n) is 7.63. The van der Waals surface area contributed by atoms with Crippen LogP contribution in [0, 0.1) is 11.3 Å². The van der Waals surface area contributed by atoms with Crippen LogP contribution in [0.2, 0.25) is 0 Å². The van der Waals surface area contributed by atoms with Gasteiger partial charge in [-0.3, -0.25) is 4.79 Å². The molecule has 5 nitrogen and oxygen atoms in total. The number of fused-ring (bicyclic) bond motifs is 1. The summed E-state index contributed by atoms with van der Waals surface area (Å²) in [5.74, 6) is 0.533. The Balaban J connectivity index is 1.53. The van der Waals surface area contributed by atoms with E-state index in [0.717, 1.165) is 15.4 Å². The molecule has 0 aliphatic rings. The molecule has 0 aliphatic heterocycles. The zero-order chi connectivity index (χ0) is 24.8. The Bertz CT molecular complexity index is 1460. The smallest absolute Gasteiger partial charge is 0.266 e. The summed E-state index contributed by atoms with van der Waals surface area (Å²) in [5.41, 5.74) is 2.19. The Morgan fingerprint density at radius 1 is 0.971 bits per heavy atom. The maximum atomic E-state index is 12.6. The zero-order valence-electron chi connectivity index (χ0n) is 18.7. The molecule has 0 heterocycles. The molecule has 4 aromatic rings. The molecule has 0 fully saturated rings. The second-order valence-corrected chi connectivity index (χ2v) is 9.40. The molecule has 1 N–H and O–H groups in total. The summed E-state index contributed by atoms with van der Waals surface area (Å²) in [6, 6.07) is 26.9. The number of anilines is 1. The lowest BCUT2D eigenvalue weighted by molar-refractivity contribution is -0.112. The molecule has 0 unspecified atom stereocenters. The minimum atomic E-state index is -0.502. The van der Waals surface area contributed by atoms with E-state index < -0.39 is 5.91 Å². The summed E-state index contributed by atoms with van der Waals surface area (Å²) >= 11 is 6.88. The molecule has 0 spiro atoms. The molecular formula is C28H20Br2N2O3. The van der Waals surface area contributed by atoms with E-state index in [9.17, 15) is 10.1 Å². The first-order valence-electron chi connectivity index (χ1n) is 10.6. The Morgan fingerprint density at radius 3 is 2.43 bits per heavy atom. The summed E-state index contributed by atoms with van der Waals surface area (Å²) < 4.78 is 13.1. The van der Waals surface area contributed by atoms with Gasteiger partial charge in [0, 0.05) is 14.6 Å². The highest BCUT2D eigenvalue weighted by atomic mass is 79.9. The maximum Gasteiger partial charge on any atom is 0.266 e. The molecule has 7 heteroatoms. The highest BCUT2D eigenvalue weighted by Crippen LogP contribution is 2.35. The van der Waals surface area contributed by atoms with Gasteiger partial charge in [0.15, 0.2) is 11.5 Å². The minimum absolute atomic E-state index is 0.0412. The van der Waals surface area contributed by atoms with Crippen LogP contribution in [0.25, 0.3) is 16.8 Å². The number of nitriles is 1. The number of rotatable bonds is 7. The molecule has 0 aliphatic carbocycles. The Labute approximate surface area is 220 Å². The van der Waals surface area contributed by atoms with Crippen LogP contribution >= 0.6 is 31.9 Å². The third-order valence-electron chi connectivity index (χ3n) is 5.26. The van der Waals surface area contributed by atoms with E-state index in [1.165, 1.54) is 11.5 Å². The van der Waals surface area contributed by atoms with Crippen molar-refractivity contribution in [3.8, 4) is 17.6 Å². The van der Waals surface area contributed by atoms with Crippen molar-refractivity contribution in [3.63, 3.8) is 0 Å². The number of carbonyl (C=O) groups excluding carboxylic acids is 1. The van der Waals surface area contributed by atoms with E-state index in [4.69, 9.17) is 9.47 Å². The number of nitrogens with zero attached hydrogens (tertiary/aromatic N) is 1. The van der Waals surface area contributed by atoms with Gasteiger partial charge in [-0.05, 0) is 70.4 Å². The van der Waals surface area contributed by atoms with Gasteiger partial charge in [0.05, 0.1) is 7.11 Å². The molecule has 4 rings (SSSR count). The van der Waals surface area contributed by atoms with Crippen molar-refractivity contribution in [2.75, 3.05) is 12.4 Å². The Kier molecular flexibility index (Phi) is 7.86. The number of halogens is 2. The van der Waals surface area contributed by atoms with Crippen LogP contribution in [0.4, 0.5) is 5.69 Å². The van der Waals surface area contributed by atoms with Gasteiger partial charge < -0.3 is 14.8 Å². The van der Waals surface area contributed by atoms with Crippen LogP contribution in [0.3, 0.4) is 0 Å². The van der Waals surface area contributed by atoms with Crippen molar-refractivity contribution >= 4 is 60.3 Å². The van der Waals surface area contributed by atoms with Crippen LogP contribution in [0.1, 0.15) is 11.1 Å². The van der Waals surface area contributed by atoms with Crippen molar-refractivity contribution in [1.29, 1.82) is 5.26 Å². The first-order chi connectivity index (χ1) is 17.0. The standard InChI is InChI=1S/C28H20Br2N2O3/c1-34-26-14-21(13-22(16-31)28(33)32-24-10-8-23(29)9-11-24)25(30)15-27(26)35-17-18-6-7-19-4-2-3-5-20(19)12-18/h2-15H,17H2,1H3,(H,32,33)/b22-13-. The average Bonchev–Trinajstić information content (AvgIpc) is 2.88. The first kappa shape index (κ1) is 24.5. The Morgan fingerprint density at radius 2 is 1.71 bits per heavy atom. The molecule has 0 atom stereocenters. The summed E-state index contributed by atoms with van der Waals surface area (Å²) in [5, 5.41) is 14.6. The molecule has 0 bridgehead atoms. The summed E-state index contributed by atoms with van der Waals surface area (Å²) in [4.78, 5) is 12.6. The van der Waals surface area contributed by atoms with Crippen LogP contribution in [0.15, 0.2) is 93.4 Å². The monoisotopic (exact) mass is 590 g/mol. The highest BCUT2D eigenvalue weighted by molar-refractivity contribution is 9.10. The van der Waals surface area contributed by atoms with Crippen molar-refractivity contribution in [2.24, 2.45) is 0 Å². The summed E-state index contributed by atoms with van der Waals surface area (Å²) in [7, 11) is 1.55. The average molecular weight is 592 g/mol. The van der Waals surface area contributed by atoms with Gasteiger partial charge >= 0.3 is 0 Å². The molecule has 4 aromatic carbocycles. The normalized spacial score (nSPS) is 11.1. The fourth-order valence-electron chi connectivity index (χ4n) is 3.46. The fraction of sp³-hybridized carbons (Fsp3) is 0.0714. The molecular weight excluding hydrogens is 572 g/mol. The number of methoxy groups -OCH3 is 1. The Hall–Kier alpha value is -3.60. The zero-order valence-corrected chi connectivity index (χ0v) is 21.9. The second kappa shape index (κ2) is 11.2. The highest BCUT2D eigenvalue weighted by Gasteiger charge is 2.14. The summed E-state index contributed by atoms with van der Waals surface area (Å²) in [6.07, 6.45) is 1.51. The van der Waals surface area contributed by atoms with Crippen LogP contribution in [0.5, 0.6) is 11.5 Å². The number of hydrogen-bond donors (Lipinski definition) is 1. The molecule has 0 saturated carbocycles. The van der Waals surface area contributed by atoms with Gasteiger partial charge in [-0.1, -0.05) is 68.3 Å². The largest absolute Gasteiger partial charge is 0.493 e. The third kappa shape index (κ3) is 6.10. The van der Waals surface area contributed by atoms with Crippen molar-refractivity contribution < 1.29 is 14.3 Å². The van der Waals surface area contributed by atoms with Crippen LogP contribution in [-0.4, -0.2) is 13.0 Å². The van der Waals surface area contributed by atoms with Gasteiger partial charge in [-0.2, -0.15) is 5.26 Å². The lowest BCUT2D eigenvalue weighted by Gasteiger charge is -2.13. The topological polar surface area (TPSA) is 71.3 Å². The van der Waals surface area contributed by atoms with E-state index in [1.807, 2.05) is 36.4 Å². The van der Waals surface area contributed by atoms with E-state index in [1.54, 1.807) is 31.4 Å². The molecule has 174 valence electrons. The fourth-order valence-corrected chi connectivity index (χ4v) is 4.16. The first-order valence-corrected chi connectivity index (χ1v) is 12.2. The van der Waals surface area contributed by atoms with Crippen LogP contribution < -0.4 is 14.8 Å². The predicted molar refractivity (Wildman–Crippen MR) is 145 cm³/mol. The van der Waals surface area contributed by atoms with Gasteiger partial charge in [0.2, 0.25) is 0 Å². The van der Waals surface area contributed by atoms with E-state index >= 15 is 0 Å². The maximum absolute atomic E-state index is 12.6. The molecule has 35 heavy (non-hydrogen) atoms.